The molecule has 0 aromatic carbocycles. The minimum Gasteiger partial charge on any atom is -0.486 e. The fourth-order valence-electron chi connectivity index (χ4n) is 2.09. The van der Waals surface area contributed by atoms with Gasteiger partial charge in [-0.15, -0.1) is 5.10 Å². The maximum atomic E-state index is 9.79. The fraction of sp³-hybridized carbons (Fsp3) is 0.417. The van der Waals surface area contributed by atoms with Crippen LogP contribution < -0.4 is 10.1 Å². The van der Waals surface area contributed by atoms with Gasteiger partial charge in [0.2, 0.25) is 0 Å². The maximum absolute atomic E-state index is 9.79. The van der Waals surface area contributed by atoms with Crippen molar-refractivity contribution in [2.24, 2.45) is 0 Å². The first-order chi connectivity index (χ1) is 9.72. The van der Waals surface area contributed by atoms with E-state index in [4.69, 9.17) is 4.74 Å². The lowest BCUT2D eigenvalue weighted by atomic mass is 10.2. The van der Waals surface area contributed by atoms with Crippen molar-refractivity contribution < 1.29 is 9.84 Å². The molecule has 106 valence electrons. The molecule has 3 heterocycles. The van der Waals surface area contributed by atoms with Gasteiger partial charge >= 0.3 is 0 Å². The lowest BCUT2D eigenvalue weighted by Gasteiger charge is -2.12. The zero-order valence-electron chi connectivity index (χ0n) is 10.6. The molecule has 0 spiro atoms. The van der Waals surface area contributed by atoms with Gasteiger partial charge in [0, 0.05) is 23.8 Å². The van der Waals surface area contributed by atoms with E-state index >= 15 is 0 Å². The van der Waals surface area contributed by atoms with Crippen LogP contribution in [0.25, 0.3) is 0 Å². The molecule has 8 heteroatoms. The first kappa shape index (κ1) is 13.5. The molecule has 0 unspecified atom stereocenters. The van der Waals surface area contributed by atoms with Crippen molar-refractivity contribution in [1.82, 2.24) is 25.3 Å². The first-order valence-electron chi connectivity index (χ1n) is 6.25. The van der Waals surface area contributed by atoms with Gasteiger partial charge in [-0.25, -0.2) is 4.68 Å². The minimum atomic E-state index is -0.431. The smallest absolute Gasteiger partial charge is 0.139 e. The zero-order valence-corrected chi connectivity index (χ0v) is 12.2. The van der Waals surface area contributed by atoms with Crippen molar-refractivity contribution in [3.63, 3.8) is 0 Å². The topological polar surface area (TPSA) is 85.1 Å². The average Bonchev–Trinajstić information content (AvgIpc) is 3.05. The number of pyridine rings is 1. The van der Waals surface area contributed by atoms with Crippen molar-refractivity contribution in [3.8, 4) is 5.75 Å². The number of nitrogens with one attached hydrogen (secondary N) is 1. The molecule has 1 saturated heterocycles. The summed E-state index contributed by atoms with van der Waals surface area (Å²) in [6.07, 6.45) is 4.70. The van der Waals surface area contributed by atoms with Gasteiger partial charge in [0.25, 0.3) is 0 Å². The number of ether oxygens (including phenoxy) is 1. The molecule has 7 nitrogen and oxygen atoms in total. The Labute approximate surface area is 124 Å². The summed E-state index contributed by atoms with van der Waals surface area (Å²) in [7, 11) is 0. The monoisotopic (exact) mass is 339 g/mol. The van der Waals surface area contributed by atoms with Crippen molar-refractivity contribution >= 4 is 15.9 Å². The molecule has 0 saturated carbocycles. The number of β-amino-alcohol motifs (C(OH)–C–C–N with tert-alkyl or cyclic N) is 1. The number of nitrogens with zero attached hydrogens (tertiary/aromatic N) is 4. The Morgan fingerprint density at radius 1 is 1.45 bits per heavy atom. The van der Waals surface area contributed by atoms with Gasteiger partial charge in [0.15, 0.2) is 0 Å². The maximum Gasteiger partial charge on any atom is 0.139 e. The summed E-state index contributed by atoms with van der Waals surface area (Å²) in [5, 5.41) is 21.0. The number of hydrogen-bond acceptors (Lipinski definition) is 6. The highest BCUT2D eigenvalue weighted by atomic mass is 79.9. The molecule has 0 amide bonds. The van der Waals surface area contributed by atoms with E-state index in [1.165, 1.54) is 0 Å². The second-order valence-corrected chi connectivity index (χ2v) is 5.53. The van der Waals surface area contributed by atoms with Gasteiger partial charge in [0.05, 0.1) is 24.5 Å². The summed E-state index contributed by atoms with van der Waals surface area (Å²) in [4.78, 5) is 4.02. The Kier molecular flexibility index (Phi) is 3.95. The number of aliphatic hydroxyl groups excluding tert-OH is 1. The summed E-state index contributed by atoms with van der Waals surface area (Å²) in [6.45, 7) is 1.59. The van der Waals surface area contributed by atoms with E-state index in [1.807, 2.05) is 6.07 Å². The Morgan fingerprint density at radius 3 is 3.10 bits per heavy atom. The molecular formula is C12H14BrN5O2. The highest BCUT2D eigenvalue weighted by Gasteiger charge is 2.27. The van der Waals surface area contributed by atoms with Crippen LogP contribution in [0.1, 0.15) is 11.7 Å². The number of aliphatic hydroxyl groups is 1. The third kappa shape index (κ3) is 2.97. The number of halogens is 1. The van der Waals surface area contributed by atoms with Crippen LogP contribution in [0.2, 0.25) is 0 Å². The van der Waals surface area contributed by atoms with Crippen LogP contribution in [-0.2, 0) is 6.61 Å². The van der Waals surface area contributed by atoms with E-state index in [-0.39, 0.29) is 6.04 Å². The highest BCUT2D eigenvalue weighted by Crippen LogP contribution is 2.18. The number of hydrogen-bond donors (Lipinski definition) is 2. The van der Waals surface area contributed by atoms with Crippen molar-refractivity contribution in [2.75, 3.05) is 13.1 Å². The molecule has 2 aromatic rings. The SMILES string of the molecule is O[C@@H]1CNC[C@H]1n1cc(COc2cncc(Br)c2)nn1. The Bertz CT molecular complexity index is 591. The minimum absolute atomic E-state index is 0.0659. The highest BCUT2D eigenvalue weighted by molar-refractivity contribution is 9.10. The van der Waals surface area contributed by atoms with Crippen LogP contribution in [0.5, 0.6) is 5.75 Å². The van der Waals surface area contributed by atoms with Crippen molar-refractivity contribution in [1.29, 1.82) is 0 Å². The Balaban J connectivity index is 1.63. The summed E-state index contributed by atoms with van der Waals surface area (Å²) in [5.74, 6) is 0.663. The van der Waals surface area contributed by atoms with Gasteiger partial charge < -0.3 is 15.2 Å². The van der Waals surface area contributed by atoms with Gasteiger partial charge in [-0.05, 0) is 22.0 Å². The zero-order chi connectivity index (χ0) is 13.9. The second kappa shape index (κ2) is 5.86. The van der Waals surface area contributed by atoms with Crippen LogP contribution >= 0.6 is 15.9 Å². The van der Waals surface area contributed by atoms with E-state index in [9.17, 15) is 5.11 Å². The van der Waals surface area contributed by atoms with Gasteiger partial charge in [-0.3, -0.25) is 4.98 Å². The van der Waals surface area contributed by atoms with Crippen LogP contribution in [0.15, 0.2) is 29.1 Å². The molecule has 0 bridgehead atoms. The molecule has 20 heavy (non-hydrogen) atoms. The van der Waals surface area contributed by atoms with E-state index in [2.05, 4.69) is 36.5 Å². The van der Waals surface area contributed by atoms with Crippen molar-refractivity contribution in [2.45, 2.75) is 18.8 Å². The largest absolute Gasteiger partial charge is 0.486 e. The first-order valence-corrected chi connectivity index (χ1v) is 7.04. The number of aromatic nitrogens is 4. The second-order valence-electron chi connectivity index (χ2n) is 4.61. The van der Waals surface area contributed by atoms with E-state index in [0.717, 1.165) is 4.47 Å². The van der Waals surface area contributed by atoms with Crippen LogP contribution in [-0.4, -0.2) is 44.3 Å². The fourth-order valence-corrected chi connectivity index (χ4v) is 2.44. The average molecular weight is 340 g/mol. The predicted octanol–water partition coefficient (Wildman–Crippen LogP) is 0.520. The molecule has 3 rings (SSSR count). The number of rotatable bonds is 4. The van der Waals surface area contributed by atoms with Gasteiger partial charge in [-0.2, -0.15) is 0 Å². The molecule has 1 aliphatic heterocycles. The van der Waals surface area contributed by atoms with E-state index in [0.29, 0.717) is 31.1 Å². The molecule has 1 fully saturated rings. The molecule has 2 N–H and O–H groups in total. The molecule has 2 aromatic heterocycles. The van der Waals surface area contributed by atoms with E-state index in [1.54, 1.807) is 23.3 Å². The Hall–Kier alpha value is -1.51. The Morgan fingerprint density at radius 2 is 2.35 bits per heavy atom. The van der Waals surface area contributed by atoms with Gasteiger partial charge in [-0.1, -0.05) is 5.21 Å². The summed E-state index contributed by atoms with van der Waals surface area (Å²) in [6, 6.07) is 1.77. The summed E-state index contributed by atoms with van der Waals surface area (Å²) >= 11 is 3.33. The predicted molar refractivity (Wildman–Crippen MR) is 74.2 cm³/mol. The molecule has 1 aliphatic rings. The lowest BCUT2D eigenvalue weighted by Crippen LogP contribution is -2.22. The molecule has 0 radical (unpaired) electrons. The van der Waals surface area contributed by atoms with E-state index < -0.39 is 6.10 Å². The lowest BCUT2D eigenvalue weighted by molar-refractivity contribution is 0.143. The third-order valence-electron chi connectivity index (χ3n) is 3.12. The van der Waals surface area contributed by atoms with Crippen molar-refractivity contribution in [3.05, 3.63) is 34.8 Å². The molecule has 0 aliphatic carbocycles. The standard InChI is InChI=1S/C12H14BrN5O2/c13-8-1-10(3-14-2-8)20-7-9-6-18(17-16-9)11-4-15-5-12(11)19/h1-3,6,11-12,15,19H,4-5,7H2/t11-,12-/m1/s1. The summed E-state index contributed by atoms with van der Waals surface area (Å²) < 4.78 is 8.13. The van der Waals surface area contributed by atoms with Crippen LogP contribution in [0.3, 0.4) is 0 Å². The quantitative estimate of drug-likeness (QED) is 0.844. The normalized spacial score (nSPS) is 22.1. The third-order valence-corrected chi connectivity index (χ3v) is 3.55. The van der Waals surface area contributed by atoms with Crippen LogP contribution in [0.4, 0.5) is 0 Å². The molecular weight excluding hydrogens is 326 g/mol. The summed E-state index contributed by atoms with van der Waals surface area (Å²) in [5.41, 5.74) is 0.712. The van der Waals surface area contributed by atoms with Gasteiger partial charge in [0.1, 0.15) is 18.1 Å². The molecule has 2 atom stereocenters. The van der Waals surface area contributed by atoms with Crippen LogP contribution in [0, 0.1) is 0 Å².